The molecular formula is C24H32N4O6. The third kappa shape index (κ3) is 4.34. The van der Waals surface area contributed by atoms with Crippen LogP contribution in [0.15, 0.2) is 29.3 Å². The average molecular weight is 473 g/mol. The Hall–Kier alpha value is -3.14. The number of β-lactam (4-membered cyclic amide) rings is 1. The maximum absolute atomic E-state index is 13.5. The molecule has 3 aliphatic heterocycles. The number of benzene rings is 1. The third-order valence-corrected chi connectivity index (χ3v) is 6.43. The highest BCUT2D eigenvalue weighted by Crippen LogP contribution is 2.43. The SMILES string of the molecule is COc1ccc(CN2CC3(CC(C4=NC(C(C)O)C(=O)N4)CN3C(=O)OC(C)(C)C)C2=O)cc1. The minimum atomic E-state index is -1.05. The highest BCUT2D eigenvalue weighted by atomic mass is 16.6. The summed E-state index contributed by atoms with van der Waals surface area (Å²) in [5, 5.41) is 12.6. The van der Waals surface area contributed by atoms with E-state index in [1.807, 2.05) is 24.3 Å². The second-order valence-electron chi connectivity index (χ2n) is 10.2. The maximum Gasteiger partial charge on any atom is 0.411 e. The van der Waals surface area contributed by atoms with Gasteiger partial charge in [-0.3, -0.25) is 19.5 Å². The zero-order chi connectivity index (χ0) is 24.8. The Morgan fingerprint density at radius 2 is 1.97 bits per heavy atom. The van der Waals surface area contributed by atoms with Crippen LogP contribution in [0.1, 0.15) is 39.7 Å². The molecule has 3 aliphatic rings. The molecule has 4 unspecified atom stereocenters. The number of amidine groups is 1. The van der Waals surface area contributed by atoms with Crippen molar-refractivity contribution in [2.75, 3.05) is 20.2 Å². The van der Waals surface area contributed by atoms with Crippen LogP contribution in [0.5, 0.6) is 5.75 Å². The Morgan fingerprint density at radius 3 is 2.50 bits per heavy atom. The summed E-state index contributed by atoms with van der Waals surface area (Å²) >= 11 is 0. The van der Waals surface area contributed by atoms with Gasteiger partial charge < -0.3 is 24.8 Å². The molecule has 10 heteroatoms. The molecule has 1 aromatic carbocycles. The van der Waals surface area contributed by atoms with E-state index in [0.29, 0.717) is 25.3 Å². The van der Waals surface area contributed by atoms with E-state index in [-0.39, 0.29) is 24.3 Å². The number of hydrogen-bond acceptors (Lipinski definition) is 7. The molecule has 0 saturated carbocycles. The molecule has 1 spiro atoms. The fourth-order valence-corrected chi connectivity index (χ4v) is 4.79. The topological polar surface area (TPSA) is 121 Å². The average Bonchev–Trinajstić information content (AvgIpc) is 3.35. The van der Waals surface area contributed by atoms with Crippen molar-refractivity contribution in [2.45, 2.75) is 63.9 Å². The van der Waals surface area contributed by atoms with Gasteiger partial charge in [-0.2, -0.15) is 0 Å². The number of aliphatic hydroxyl groups excluding tert-OH is 1. The van der Waals surface area contributed by atoms with Gasteiger partial charge in [0.25, 0.3) is 11.8 Å². The molecule has 2 fully saturated rings. The quantitative estimate of drug-likeness (QED) is 0.624. The van der Waals surface area contributed by atoms with E-state index in [9.17, 15) is 19.5 Å². The van der Waals surface area contributed by atoms with Gasteiger partial charge in [-0.25, -0.2) is 4.79 Å². The van der Waals surface area contributed by atoms with Crippen LogP contribution >= 0.6 is 0 Å². The fourth-order valence-electron chi connectivity index (χ4n) is 4.79. The van der Waals surface area contributed by atoms with Crippen LogP contribution < -0.4 is 10.1 Å². The Labute approximate surface area is 198 Å². The molecule has 2 N–H and O–H groups in total. The van der Waals surface area contributed by atoms with Crippen molar-refractivity contribution >= 4 is 23.7 Å². The standard InChI is InChI=1S/C24H32N4O6/c1-14(29)18-20(30)26-19(25-18)16-10-24(28(12-16)22(32)34-23(2,3)4)13-27(21(24)31)11-15-6-8-17(33-5)9-7-15/h6-9,14,16,18,29H,10-13H2,1-5H3,(H,25,26,30). The predicted octanol–water partition coefficient (Wildman–Crippen LogP) is 1.31. The monoisotopic (exact) mass is 472 g/mol. The lowest BCUT2D eigenvalue weighted by molar-refractivity contribution is -0.161. The fraction of sp³-hybridized carbons (Fsp3) is 0.583. The van der Waals surface area contributed by atoms with Crippen molar-refractivity contribution in [2.24, 2.45) is 10.9 Å². The van der Waals surface area contributed by atoms with Gasteiger partial charge in [-0.05, 0) is 51.8 Å². The van der Waals surface area contributed by atoms with Crippen molar-refractivity contribution in [1.29, 1.82) is 0 Å². The zero-order valence-corrected chi connectivity index (χ0v) is 20.2. The van der Waals surface area contributed by atoms with Gasteiger partial charge in [0.05, 0.1) is 19.8 Å². The highest BCUT2D eigenvalue weighted by Gasteiger charge is 2.63. The Kier molecular flexibility index (Phi) is 6.05. The van der Waals surface area contributed by atoms with E-state index in [1.54, 1.807) is 32.8 Å². The van der Waals surface area contributed by atoms with Crippen LogP contribution in [0.2, 0.25) is 0 Å². The number of rotatable bonds is 5. The summed E-state index contributed by atoms with van der Waals surface area (Å²) in [6.45, 7) is 7.80. The Balaban J connectivity index is 1.54. The molecule has 0 radical (unpaired) electrons. The van der Waals surface area contributed by atoms with Crippen LogP contribution in [-0.4, -0.2) is 82.1 Å². The molecular weight excluding hydrogens is 440 g/mol. The van der Waals surface area contributed by atoms with E-state index in [1.165, 1.54) is 11.8 Å². The summed E-state index contributed by atoms with van der Waals surface area (Å²) in [6.07, 6.45) is -1.17. The van der Waals surface area contributed by atoms with Crippen molar-refractivity contribution in [3.8, 4) is 5.75 Å². The summed E-state index contributed by atoms with van der Waals surface area (Å²) < 4.78 is 10.8. The predicted molar refractivity (Wildman–Crippen MR) is 123 cm³/mol. The smallest absolute Gasteiger partial charge is 0.411 e. The number of likely N-dealkylation sites (tertiary alicyclic amines) is 2. The van der Waals surface area contributed by atoms with Gasteiger partial charge in [-0.15, -0.1) is 0 Å². The normalized spacial score (nSPS) is 27.4. The van der Waals surface area contributed by atoms with Gasteiger partial charge in [0, 0.05) is 19.0 Å². The number of methoxy groups -OCH3 is 1. The summed E-state index contributed by atoms with van der Waals surface area (Å²) in [6, 6.07) is 6.60. The van der Waals surface area contributed by atoms with Gasteiger partial charge >= 0.3 is 6.09 Å². The lowest BCUT2D eigenvalue weighted by atomic mass is 9.82. The Morgan fingerprint density at radius 1 is 1.29 bits per heavy atom. The molecule has 0 bridgehead atoms. The molecule has 3 amide bonds. The van der Waals surface area contributed by atoms with Gasteiger partial charge in [0.1, 0.15) is 22.7 Å². The van der Waals surface area contributed by atoms with Gasteiger partial charge in [0.2, 0.25) is 0 Å². The second-order valence-corrected chi connectivity index (χ2v) is 10.2. The van der Waals surface area contributed by atoms with Crippen molar-refractivity contribution in [3.63, 3.8) is 0 Å². The first-order valence-electron chi connectivity index (χ1n) is 11.4. The first kappa shape index (κ1) is 24.0. The van der Waals surface area contributed by atoms with E-state index in [4.69, 9.17) is 9.47 Å². The number of amides is 3. The minimum Gasteiger partial charge on any atom is -0.497 e. The van der Waals surface area contributed by atoms with E-state index in [0.717, 1.165) is 11.3 Å². The molecule has 184 valence electrons. The van der Waals surface area contributed by atoms with Crippen LogP contribution in [0.4, 0.5) is 4.79 Å². The number of ether oxygens (including phenoxy) is 2. The van der Waals surface area contributed by atoms with Crippen LogP contribution in [-0.2, 0) is 20.9 Å². The lowest BCUT2D eigenvalue weighted by Crippen LogP contribution is -2.72. The number of nitrogens with one attached hydrogen (secondary N) is 1. The number of hydrogen-bond donors (Lipinski definition) is 2. The molecule has 4 atom stereocenters. The third-order valence-electron chi connectivity index (χ3n) is 6.43. The van der Waals surface area contributed by atoms with E-state index >= 15 is 0 Å². The number of nitrogens with zero attached hydrogens (tertiary/aromatic N) is 3. The highest BCUT2D eigenvalue weighted by molar-refractivity contribution is 6.08. The summed E-state index contributed by atoms with van der Waals surface area (Å²) in [5.74, 6) is 0.263. The molecule has 4 rings (SSSR count). The molecule has 3 heterocycles. The zero-order valence-electron chi connectivity index (χ0n) is 20.2. The number of carbonyl (C=O) groups excluding carboxylic acids is 3. The first-order valence-corrected chi connectivity index (χ1v) is 11.4. The summed E-state index contributed by atoms with van der Waals surface area (Å²) in [7, 11) is 1.60. The number of aliphatic hydroxyl groups is 1. The Bertz CT molecular complexity index is 1020. The minimum absolute atomic E-state index is 0.159. The van der Waals surface area contributed by atoms with E-state index < -0.39 is 29.4 Å². The second kappa shape index (κ2) is 8.57. The number of carbonyl (C=O) groups is 3. The molecule has 2 saturated heterocycles. The van der Waals surface area contributed by atoms with Crippen LogP contribution in [0, 0.1) is 5.92 Å². The van der Waals surface area contributed by atoms with Crippen molar-refractivity contribution in [3.05, 3.63) is 29.8 Å². The molecule has 34 heavy (non-hydrogen) atoms. The van der Waals surface area contributed by atoms with Crippen LogP contribution in [0.3, 0.4) is 0 Å². The molecule has 0 aromatic heterocycles. The maximum atomic E-state index is 13.5. The van der Waals surface area contributed by atoms with E-state index in [2.05, 4.69) is 10.3 Å². The largest absolute Gasteiger partial charge is 0.497 e. The van der Waals surface area contributed by atoms with Gasteiger partial charge in [0.15, 0.2) is 6.04 Å². The van der Waals surface area contributed by atoms with Gasteiger partial charge in [-0.1, -0.05) is 12.1 Å². The summed E-state index contributed by atoms with van der Waals surface area (Å²) in [5.41, 5.74) is -0.812. The molecule has 0 aliphatic carbocycles. The first-order chi connectivity index (χ1) is 15.9. The van der Waals surface area contributed by atoms with Crippen molar-refractivity contribution < 1.29 is 29.0 Å². The molecule has 1 aromatic rings. The molecule has 10 nitrogen and oxygen atoms in total. The number of aliphatic imine (C=N–C) groups is 1. The lowest BCUT2D eigenvalue weighted by Gasteiger charge is -2.51. The van der Waals surface area contributed by atoms with Crippen molar-refractivity contribution in [1.82, 2.24) is 15.1 Å². The van der Waals surface area contributed by atoms with Crippen LogP contribution in [0.25, 0.3) is 0 Å². The summed E-state index contributed by atoms with van der Waals surface area (Å²) in [4.78, 5) is 46.3.